The van der Waals surface area contributed by atoms with Crippen LogP contribution in [0.4, 0.5) is 0 Å². The third-order valence-electron chi connectivity index (χ3n) is 1.09. The van der Waals surface area contributed by atoms with Crippen LogP contribution in [0.25, 0.3) is 0 Å². The van der Waals surface area contributed by atoms with Gasteiger partial charge in [-0.05, 0) is 12.1 Å². The molecule has 1 aromatic heterocycles. The van der Waals surface area contributed by atoms with Gasteiger partial charge in [-0.25, -0.2) is 9.71 Å². The molecule has 1 heterocycles. The zero-order chi connectivity index (χ0) is 9.03. The summed E-state index contributed by atoms with van der Waals surface area (Å²) in [5, 5.41) is 7.93. The number of pyridine rings is 1. The highest BCUT2D eigenvalue weighted by molar-refractivity contribution is 7.89. The van der Waals surface area contributed by atoms with Crippen molar-refractivity contribution >= 4 is 10.0 Å². The Bertz CT molecular complexity index is 393. The van der Waals surface area contributed by atoms with Gasteiger partial charge < -0.3 is 0 Å². The average molecular weight is 183 g/mol. The number of nitrogens with one attached hydrogen (secondary N) is 1. The summed E-state index contributed by atoms with van der Waals surface area (Å²) in [5.41, 5.74) is 0. The summed E-state index contributed by atoms with van der Waals surface area (Å²) in [7, 11) is -3.73. The van der Waals surface area contributed by atoms with Gasteiger partial charge in [-0.15, -0.1) is 0 Å². The first-order valence-corrected chi connectivity index (χ1v) is 4.47. The van der Waals surface area contributed by atoms with E-state index in [1.54, 1.807) is 10.8 Å². The van der Waals surface area contributed by atoms with E-state index in [1.807, 2.05) is 0 Å². The van der Waals surface area contributed by atoms with E-state index in [0.29, 0.717) is 0 Å². The first-order chi connectivity index (χ1) is 5.67. The molecule has 1 N–H and O–H groups in total. The lowest BCUT2D eigenvalue weighted by Gasteiger charge is -1.97. The van der Waals surface area contributed by atoms with Gasteiger partial charge >= 0.3 is 0 Å². The van der Waals surface area contributed by atoms with E-state index in [1.165, 1.54) is 24.5 Å². The molecule has 1 rings (SSSR count). The number of hydrogen-bond donors (Lipinski definition) is 1. The minimum atomic E-state index is -3.73. The molecule has 0 aromatic carbocycles. The maximum absolute atomic E-state index is 11.0. The quantitative estimate of drug-likeness (QED) is 0.510. The largest absolute Gasteiger partial charge is 0.287 e. The van der Waals surface area contributed by atoms with Crippen LogP contribution < -0.4 is 4.72 Å². The van der Waals surface area contributed by atoms with E-state index < -0.39 is 10.0 Å². The smallest absolute Gasteiger partial charge is 0.243 e. The fourth-order valence-corrected chi connectivity index (χ4v) is 1.30. The molecule has 0 fully saturated rings. The fourth-order valence-electron chi connectivity index (χ4n) is 0.618. The molecule has 0 radical (unpaired) electrons. The van der Waals surface area contributed by atoms with Crippen molar-refractivity contribution in [2.45, 2.75) is 5.03 Å². The highest BCUT2D eigenvalue weighted by Gasteiger charge is 2.12. The Hall–Kier alpha value is -1.61. The standard InChI is InChI=1S/C6H5N3O2S/c7-5-9-12(10,11)6-3-1-2-4-8-6/h1-4,9H. The van der Waals surface area contributed by atoms with Crippen LogP contribution in [0.15, 0.2) is 29.4 Å². The van der Waals surface area contributed by atoms with Crippen molar-refractivity contribution in [3.8, 4) is 6.19 Å². The molecule has 0 aliphatic heterocycles. The van der Waals surface area contributed by atoms with Gasteiger partial charge in [-0.1, -0.05) is 6.07 Å². The first-order valence-electron chi connectivity index (χ1n) is 2.99. The summed E-state index contributed by atoms with van der Waals surface area (Å²) in [6.07, 6.45) is 2.67. The lowest BCUT2D eigenvalue weighted by molar-refractivity contribution is 0.587. The Morgan fingerprint density at radius 1 is 1.50 bits per heavy atom. The number of sulfonamides is 1. The number of aromatic nitrogens is 1. The van der Waals surface area contributed by atoms with Crippen LogP contribution in [-0.4, -0.2) is 13.4 Å². The van der Waals surface area contributed by atoms with Gasteiger partial charge in [0.15, 0.2) is 11.2 Å². The summed E-state index contributed by atoms with van der Waals surface area (Å²) < 4.78 is 23.7. The van der Waals surface area contributed by atoms with Gasteiger partial charge in [0.2, 0.25) is 0 Å². The number of nitrogens with zero attached hydrogens (tertiary/aromatic N) is 2. The van der Waals surface area contributed by atoms with Crippen molar-refractivity contribution < 1.29 is 8.42 Å². The van der Waals surface area contributed by atoms with Crippen molar-refractivity contribution in [2.75, 3.05) is 0 Å². The molecular weight excluding hydrogens is 178 g/mol. The molecule has 0 saturated carbocycles. The second-order valence-corrected chi connectivity index (χ2v) is 3.51. The molecule has 12 heavy (non-hydrogen) atoms. The molecule has 0 saturated heterocycles. The second-order valence-electron chi connectivity index (χ2n) is 1.89. The predicted octanol–water partition coefficient (Wildman–Crippen LogP) is -0.159. The first kappa shape index (κ1) is 8.49. The second kappa shape index (κ2) is 3.19. The van der Waals surface area contributed by atoms with E-state index in [2.05, 4.69) is 4.98 Å². The Balaban J connectivity index is 3.09. The SMILES string of the molecule is N#CNS(=O)(=O)c1ccccn1. The minimum absolute atomic E-state index is 0.161. The summed E-state index contributed by atoms with van der Waals surface area (Å²) in [4.78, 5) is 3.57. The molecule has 62 valence electrons. The van der Waals surface area contributed by atoms with Crippen molar-refractivity contribution in [3.63, 3.8) is 0 Å². The van der Waals surface area contributed by atoms with Crippen LogP contribution in [0.1, 0.15) is 0 Å². The molecule has 0 aliphatic rings. The monoisotopic (exact) mass is 183 g/mol. The number of rotatable bonds is 2. The summed E-state index contributed by atoms with van der Waals surface area (Å²) >= 11 is 0. The molecular formula is C6H5N3O2S. The van der Waals surface area contributed by atoms with Gasteiger partial charge in [0.05, 0.1) is 0 Å². The molecule has 0 spiro atoms. The summed E-state index contributed by atoms with van der Waals surface area (Å²) in [6.45, 7) is 0. The van der Waals surface area contributed by atoms with Gasteiger partial charge in [0.1, 0.15) is 0 Å². The zero-order valence-corrected chi connectivity index (χ0v) is 6.75. The van der Waals surface area contributed by atoms with Crippen molar-refractivity contribution in [2.24, 2.45) is 0 Å². The van der Waals surface area contributed by atoms with E-state index in [-0.39, 0.29) is 5.03 Å². The molecule has 0 amide bonds. The Morgan fingerprint density at radius 3 is 2.75 bits per heavy atom. The fraction of sp³-hybridized carbons (Fsp3) is 0. The number of hydrogen-bond acceptors (Lipinski definition) is 4. The van der Waals surface area contributed by atoms with Crippen LogP contribution in [0.3, 0.4) is 0 Å². The van der Waals surface area contributed by atoms with Gasteiger partial charge in [-0.3, -0.25) is 0 Å². The van der Waals surface area contributed by atoms with Crippen LogP contribution in [0.2, 0.25) is 0 Å². The molecule has 0 unspecified atom stereocenters. The Morgan fingerprint density at radius 2 is 2.25 bits per heavy atom. The topological polar surface area (TPSA) is 82.9 Å². The maximum Gasteiger partial charge on any atom is 0.287 e. The van der Waals surface area contributed by atoms with E-state index >= 15 is 0 Å². The average Bonchev–Trinajstić information content (AvgIpc) is 2.06. The summed E-state index contributed by atoms with van der Waals surface area (Å²) in [5.74, 6) is 0. The highest BCUT2D eigenvalue weighted by atomic mass is 32.2. The third-order valence-corrected chi connectivity index (χ3v) is 2.25. The molecule has 1 aromatic rings. The van der Waals surface area contributed by atoms with Crippen LogP contribution in [0, 0.1) is 11.5 Å². The Labute approximate surface area is 69.7 Å². The van der Waals surface area contributed by atoms with Crippen molar-refractivity contribution in [1.29, 1.82) is 5.26 Å². The predicted molar refractivity (Wildman–Crippen MR) is 40.2 cm³/mol. The molecule has 0 atom stereocenters. The van der Waals surface area contributed by atoms with Crippen molar-refractivity contribution in [3.05, 3.63) is 24.4 Å². The van der Waals surface area contributed by atoms with Crippen LogP contribution >= 0.6 is 0 Å². The summed E-state index contributed by atoms with van der Waals surface area (Å²) in [6, 6.07) is 4.42. The van der Waals surface area contributed by atoms with Crippen LogP contribution in [-0.2, 0) is 10.0 Å². The minimum Gasteiger partial charge on any atom is -0.243 e. The van der Waals surface area contributed by atoms with E-state index in [4.69, 9.17) is 5.26 Å². The highest BCUT2D eigenvalue weighted by Crippen LogP contribution is 2.01. The van der Waals surface area contributed by atoms with Gasteiger partial charge in [-0.2, -0.15) is 13.7 Å². The number of nitriles is 1. The molecule has 5 nitrogen and oxygen atoms in total. The lowest BCUT2D eigenvalue weighted by Crippen LogP contribution is -2.18. The maximum atomic E-state index is 11.0. The molecule has 6 heteroatoms. The van der Waals surface area contributed by atoms with Gasteiger partial charge in [0.25, 0.3) is 10.0 Å². The lowest BCUT2D eigenvalue weighted by atomic mass is 10.5. The molecule has 0 bridgehead atoms. The normalized spacial score (nSPS) is 10.2. The molecule has 0 aliphatic carbocycles. The third kappa shape index (κ3) is 1.71. The Kier molecular flexibility index (Phi) is 2.26. The van der Waals surface area contributed by atoms with E-state index in [0.717, 1.165) is 0 Å². The van der Waals surface area contributed by atoms with Crippen LogP contribution in [0.5, 0.6) is 0 Å². The van der Waals surface area contributed by atoms with E-state index in [9.17, 15) is 8.42 Å². The zero-order valence-electron chi connectivity index (χ0n) is 5.93. The van der Waals surface area contributed by atoms with Crippen molar-refractivity contribution in [1.82, 2.24) is 9.71 Å². The van der Waals surface area contributed by atoms with Gasteiger partial charge in [0, 0.05) is 6.20 Å².